The number of aromatic nitrogens is 2. The van der Waals surface area contributed by atoms with Crippen LogP contribution in [0.3, 0.4) is 0 Å². The molecule has 8 heteroatoms. The van der Waals surface area contributed by atoms with E-state index >= 15 is 0 Å². The molecule has 2 rings (SSSR count). The van der Waals surface area contributed by atoms with Crippen molar-refractivity contribution in [2.45, 2.75) is 13.5 Å². The Morgan fingerprint density at radius 2 is 2.30 bits per heavy atom. The number of nitro benzene ring substituents is 1. The van der Waals surface area contributed by atoms with Gasteiger partial charge in [-0.3, -0.25) is 20.0 Å². The van der Waals surface area contributed by atoms with E-state index in [1.165, 1.54) is 18.2 Å². The van der Waals surface area contributed by atoms with Crippen LogP contribution < -0.4 is 5.32 Å². The van der Waals surface area contributed by atoms with Gasteiger partial charge in [-0.05, 0) is 35.0 Å². The number of nitrogens with zero attached hydrogens (tertiary/aromatic N) is 2. The van der Waals surface area contributed by atoms with E-state index in [1.54, 1.807) is 13.1 Å². The number of aromatic amines is 1. The third-order valence-corrected chi connectivity index (χ3v) is 3.43. The smallest absolute Gasteiger partial charge is 0.272 e. The fraction of sp³-hybridized carbons (Fsp3) is 0.167. The van der Waals surface area contributed by atoms with Gasteiger partial charge in [-0.2, -0.15) is 5.10 Å². The first-order chi connectivity index (χ1) is 9.49. The molecule has 2 aromatic rings. The number of nitro groups is 1. The molecule has 7 nitrogen and oxygen atoms in total. The molecule has 0 aliphatic rings. The number of carbonyl (C=O) groups excluding carboxylic acids is 1. The molecule has 0 fully saturated rings. The van der Waals surface area contributed by atoms with Crippen LogP contribution in [0.2, 0.25) is 0 Å². The number of nitrogens with one attached hydrogen (secondary N) is 2. The summed E-state index contributed by atoms with van der Waals surface area (Å²) in [6, 6.07) is 4.26. The maximum Gasteiger partial charge on any atom is 0.272 e. The van der Waals surface area contributed by atoms with Gasteiger partial charge in [0, 0.05) is 17.2 Å². The van der Waals surface area contributed by atoms with Crippen molar-refractivity contribution in [2.24, 2.45) is 0 Å². The maximum absolute atomic E-state index is 12.0. The van der Waals surface area contributed by atoms with Gasteiger partial charge < -0.3 is 5.32 Å². The second-order valence-corrected chi connectivity index (χ2v) is 4.99. The standard InChI is InChI=1S/C12H11BrN4O3/c1-7-4-8(2-3-11(7)17(19)20)12(18)14-6-10-9(13)5-15-16-10/h2-5H,6H2,1H3,(H,14,18)(H,15,16). The highest BCUT2D eigenvalue weighted by Crippen LogP contribution is 2.19. The summed E-state index contributed by atoms with van der Waals surface area (Å²) in [5, 5.41) is 20.0. The molecule has 0 atom stereocenters. The third kappa shape index (κ3) is 3.02. The highest BCUT2D eigenvalue weighted by molar-refractivity contribution is 9.10. The molecule has 0 bridgehead atoms. The van der Waals surface area contributed by atoms with Crippen molar-refractivity contribution in [3.8, 4) is 0 Å². The number of aryl methyl sites for hydroxylation is 1. The van der Waals surface area contributed by atoms with Crippen molar-refractivity contribution >= 4 is 27.5 Å². The Balaban J connectivity index is 2.08. The van der Waals surface area contributed by atoms with E-state index in [4.69, 9.17) is 0 Å². The molecule has 1 aromatic heterocycles. The lowest BCUT2D eigenvalue weighted by atomic mass is 10.1. The van der Waals surface area contributed by atoms with Gasteiger partial charge in [-0.25, -0.2) is 0 Å². The summed E-state index contributed by atoms with van der Waals surface area (Å²) in [5.41, 5.74) is 1.57. The highest BCUT2D eigenvalue weighted by atomic mass is 79.9. The minimum absolute atomic E-state index is 0.00198. The number of benzene rings is 1. The first kappa shape index (κ1) is 14.2. The lowest BCUT2D eigenvalue weighted by Gasteiger charge is -2.05. The molecular weight excluding hydrogens is 328 g/mol. The third-order valence-electron chi connectivity index (χ3n) is 2.75. The van der Waals surface area contributed by atoms with Crippen molar-refractivity contribution in [2.75, 3.05) is 0 Å². The van der Waals surface area contributed by atoms with E-state index in [0.29, 0.717) is 11.1 Å². The van der Waals surface area contributed by atoms with Crippen LogP contribution in [0.15, 0.2) is 28.9 Å². The first-order valence-electron chi connectivity index (χ1n) is 5.70. The van der Waals surface area contributed by atoms with Gasteiger partial charge in [0.1, 0.15) is 0 Å². The molecule has 0 saturated heterocycles. The Kier molecular flexibility index (Phi) is 4.14. The number of H-pyrrole nitrogens is 1. The van der Waals surface area contributed by atoms with Crippen molar-refractivity contribution in [1.82, 2.24) is 15.5 Å². The van der Waals surface area contributed by atoms with Gasteiger partial charge in [0.25, 0.3) is 11.6 Å². The van der Waals surface area contributed by atoms with E-state index in [1.807, 2.05) is 0 Å². The zero-order valence-corrected chi connectivity index (χ0v) is 12.1. The van der Waals surface area contributed by atoms with Crippen LogP contribution in [0, 0.1) is 17.0 Å². The summed E-state index contributed by atoms with van der Waals surface area (Å²) in [4.78, 5) is 22.2. The van der Waals surface area contributed by atoms with E-state index < -0.39 is 4.92 Å². The molecule has 2 N–H and O–H groups in total. The minimum atomic E-state index is -0.473. The first-order valence-corrected chi connectivity index (χ1v) is 6.49. The Morgan fingerprint density at radius 3 is 2.85 bits per heavy atom. The summed E-state index contributed by atoms with van der Waals surface area (Å²) in [7, 11) is 0. The molecule has 0 unspecified atom stereocenters. The average Bonchev–Trinajstić information content (AvgIpc) is 2.81. The van der Waals surface area contributed by atoms with Crippen molar-refractivity contribution in [3.05, 3.63) is 55.8 Å². The van der Waals surface area contributed by atoms with Crippen LogP contribution in [0.5, 0.6) is 0 Å². The number of hydrogen-bond acceptors (Lipinski definition) is 4. The van der Waals surface area contributed by atoms with Crippen LogP contribution in [0.4, 0.5) is 5.69 Å². The topological polar surface area (TPSA) is 101 Å². The molecule has 20 heavy (non-hydrogen) atoms. The van der Waals surface area contributed by atoms with E-state index in [-0.39, 0.29) is 18.1 Å². The maximum atomic E-state index is 12.0. The fourth-order valence-electron chi connectivity index (χ4n) is 1.69. The largest absolute Gasteiger partial charge is 0.346 e. The second-order valence-electron chi connectivity index (χ2n) is 4.14. The van der Waals surface area contributed by atoms with Gasteiger partial charge in [-0.15, -0.1) is 0 Å². The molecular formula is C12H11BrN4O3. The molecule has 0 spiro atoms. The van der Waals surface area contributed by atoms with Crippen LogP contribution in [0.1, 0.15) is 21.6 Å². The SMILES string of the molecule is Cc1cc(C(=O)NCc2[nH]ncc2Br)ccc1[N+](=O)[O-]. The van der Waals surface area contributed by atoms with Gasteiger partial charge in [0.05, 0.1) is 27.8 Å². The predicted octanol–water partition coefficient (Wildman–Crippen LogP) is 2.32. The number of carbonyl (C=O) groups is 1. The van der Waals surface area contributed by atoms with Crippen LogP contribution in [0.25, 0.3) is 0 Å². The summed E-state index contributed by atoms with van der Waals surface area (Å²) >= 11 is 3.29. The molecule has 104 valence electrons. The monoisotopic (exact) mass is 338 g/mol. The molecule has 1 heterocycles. The second kappa shape index (κ2) is 5.83. The molecule has 0 aliphatic heterocycles. The van der Waals surface area contributed by atoms with Gasteiger partial charge in [-0.1, -0.05) is 0 Å². The number of halogens is 1. The quantitative estimate of drug-likeness (QED) is 0.659. The number of amides is 1. The zero-order chi connectivity index (χ0) is 14.7. The van der Waals surface area contributed by atoms with Gasteiger partial charge >= 0.3 is 0 Å². The zero-order valence-electron chi connectivity index (χ0n) is 10.5. The van der Waals surface area contributed by atoms with Crippen LogP contribution >= 0.6 is 15.9 Å². The molecule has 0 saturated carbocycles. The molecule has 1 amide bonds. The van der Waals surface area contributed by atoms with E-state index in [0.717, 1.165) is 10.2 Å². The van der Waals surface area contributed by atoms with Crippen LogP contribution in [-0.2, 0) is 6.54 Å². The van der Waals surface area contributed by atoms with Crippen molar-refractivity contribution in [3.63, 3.8) is 0 Å². The lowest BCUT2D eigenvalue weighted by molar-refractivity contribution is -0.385. The van der Waals surface area contributed by atoms with Crippen LogP contribution in [-0.4, -0.2) is 21.0 Å². The average molecular weight is 339 g/mol. The molecule has 0 radical (unpaired) electrons. The lowest BCUT2D eigenvalue weighted by Crippen LogP contribution is -2.23. The summed E-state index contributed by atoms with van der Waals surface area (Å²) in [6.45, 7) is 1.88. The number of rotatable bonds is 4. The van der Waals surface area contributed by atoms with Crippen molar-refractivity contribution < 1.29 is 9.72 Å². The van der Waals surface area contributed by atoms with Gasteiger partial charge in [0.15, 0.2) is 0 Å². The Bertz CT molecular complexity index is 668. The molecule has 1 aromatic carbocycles. The van der Waals surface area contributed by atoms with E-state index in [9.17, 15) is 14.9 Å². The van der Waals surface area contributed by atoms with Gasteiger partial charge in [0.2, 0.25) is 0 Å². The Labute approximate surface area is 122 Å². The summed E-state index contributed by atoms with van der Waals surface area (Å²) < 4.78 is 0.776. The van der Waals surface area contributed by atoms with E-state index in [2.05, 4.69) is 31.4 Å². The molecule has 0 aliphatic carbocycles. The number of hydrogen-bond donors (Lipinski definition) is 2. The Morgan fingerprint density at radius 1 is 1.55 bits per heavy atom. The minimum Gasteiger partial charge on any atom is -0.346 e. The predicted molar refractivity (Wildman–Crippen MR) is 75.3 cm³/mol. The highest BCUT2D eigenvalue weighted by Gasteiger charge is 2.14. The fourth-order valence-corrected chi connectivity index (χ4v) is 2.03. The Hall–Kier alpha value is -2.22. The normalized spacial score (nSPS) is 10.3. The summed E-state index contributed by atoms with van der Waals surface area (Å²) in [5.74, 6) is -0.301. The summed E-state index contributed by atoms with van der Waals surface area (Å²) in [6.07, 6.45) is 1.59. The van der Waals surface area contributed by atoms with Crippen molar-refractivity contribution in [1.29, 1.82) is 0 Å².